The van der Waals surface area contributed by atoms with Crippen LogP contribution < -0.4 is 10.2 Å². The third-order valence-corrected chi connectivity index (χ3v) is 6.11. The van der Waals surface area contributed by atoms with Crippen molar-refractivity contribution in [3.05, 3.63) is 66.0 Å². The maximum atomic E-state index is 13.5. The van der Waals surface area contributed by atoms with E-state index in [2.05, 4.69) is 55.3 Å². The molecule has 2 aliphatic rings. The second-order valence-electron chi connectivity index (χ2n) is 7.95. The van der Waals surface area contributed by atoms with Gasteiger partial charge in [0.15, 0.2) is 5.96 Å². The Bertz CT molecular complexity index is 831. The van der Waals surface area contributed by atoms with E-state index in [4.69, 9.17) is 4.74 Å². The van der Waals surface area contributed by atoms with E-state index >= 15 is 0 Å². The summed E-state index contributed by atoms with van der Waals surface area (Å²) >= 11 is 0. The first-order valence-electron chi connectivity index (χ1n) is 11.1. The highest BCUT2D eigenvalue weighted by Gasteiger charge is 2.25. The molecule has 2 fully saturated rings. The van der Waals surface area contributed by atoms with E-state index in [9.17, 15) is 4.39 Å². The molecule has 31 heavy (non-hydrogen) atoms. The van der Waals surface area contributed by atoms with Crippen molar-refractivity contribution in [1.29, 1.82) is 0 Å². The van der Waals surface area contributed by atoms with Gasteiger partial charge >= 0.3 is 0 Å². The van der Waals surface area contributed by atoms with Crippen molar-refractivity contribution >= 4 is 11.6 Å². The zero-order valence-corrected chi connectivity index (χ0v) is 18.2. The van der Waals surface area contributed by atoms with Gasteiger partial charge < -0.3 is 19.9 Å². The molecule has 0 radical (unpaired) electrons. The lowest BCUT2D eigenvalue weighted by atomic mass is 10.0. The van der Waals surface area contributed by atoms with Gasteiger partial charge in [-0.1, -0.05) is 30.3 Å². The van der Waals surface area contributed by atoms with Crippen LogP contribution in [0.5, 0.6) is 0 Å². The summed E-state index contributed by atoms with van der Waals surface area (Å²) < 4.78 is 19.0. The van der Waals surface area contributed by atoms with Gasteiger partial charge in [0, 0.05) is 58.5 Å². The second kappa shape index (κ2) is 10.6. The lowest BCUT2D eigenvalue weighted by molar-refractivity contribution is 0.0168. The van der Waals surface area contributed by atoms with Crippen molar-refractivity contribution in [2.45, 2.75) is 6.04 Å². The molecule has 0 aliphatic carbocycles. The largest absolute Gasteiger partial charge is 0.379 e. The molecule has 0 bridgehead atoms. The standard InChI is InChI=1S/C24H32FN5O/c1-26-24(30-13-11-28(12-14-30)22-5-3-2-4-6-22)27-19-23(29-15-17-31-18-16-29)20-7-9-21(25)10-8-20/h2-10,23H,11-19H2,1H3,(H,26,27). The number of halogens is 1. The summed E-state index contributed by atoms with van der Waals surface area (Å²) in [4.78, 5) is 11.7. The normalized spacial score (nSPS) is 19.4. The fourth-order valence-electron chi connectivity index (χ4n) is 4.37. The molecule has 7 heteroatoms. The van der Waals surface area contributed by atoms with Gasteiger partial charge in [-0.05, 0) is 29.8 Å². The first-order valence-corrected chi connectivity index (χ1v) is 11.1. The van der Waals surface area contributed by atoms with Gasteiger partial charge in [-0.3, -0.25) is 9.89 Å². The number of benzene rings is 2. The van der Waals surface area contributed by atoms with Gasteiger partial charge in [0.1, 0.15) is 5.82 Å². The molecular formula is C24H32FN5O. The molecule has 2 aromatic rings. The summed E-state index contributed by atoms with van der Waals surface area (Å²) in [5, 5.41) is 3.59. The number of nitrogens with zero attached hydrogens (tertiary/aromatic N) is 4. The van der Waals surface area contributed by atoms with E-state index in [1.54, 1.807) is 12.1 Å². The van der Waals surface area contributed by atoms with Crippen LogP contribution in [0.15, 0.2) is 59.6 Å². The Morgan fingerprint density at radius 2 is 1.65 bits per heavy atom. The molecule has 2 saturated heterocycles. The molecule has 0 aromatic heterocycles. The van der Waals surface area contributed by atoms with E-state index in [-0.39, 0.29) is 11.9 Å². The highest BCUT2D eigenvalue weighted by Crippen LogP contribution is 2.22. The molecule has 6 nitrogen and oxygen atoms in total. The van der Waals surface area contributed by atoms with Crippen LogP contribution in [0, 0.1) is 5.82 Å². The van der Waals surface area contributed by atoms with Crippen LogP contribution in [0.25, 0.3) is 0 Å². The SMILES string of the molecule is CN=C(NCC(c1ccc(F)cc1)N1CCOCC1)N1CCN(c2ccccc2)CC1. The lowest BCUT2D eigenvalue weighted by Crippen LogP contribution is -2.54. The number of ether oxygens (including phenoxy) is 1. The summed E-state index contributed by atoms with van der Waals surface area (Å²) in [7, 11) is 1.84. The van der Waals surface area contributed by atoms with Crippen molar-refractivity contribution in [2.75, 3.05) is 71.0 Å². The van der Waals surface area contributed by atoms with E-state index in [0.717, 1.165) is 70.6 Å². The summed E-state index contributed by atoms with van der Waals surface area (Å²) in [6, 6.07) is 17.6. The van der Waals surface area contributed by atoms with E-state index in [1.165, 1.54) is 5.69 Å². The second-order valence-corrected chi connectivity index (χ2v) is 7.95. The molecule has 4 rings (SSSR count). The molecule has 2 aliphatic heterocycles. The predicted molar refractivity (Wildman–Crippen MR) is 123 cm³/mol. The molecule has 1 atom stereocenters. The van der Waals surface area contributed by atoms with Gasteiger partial charge in [-0.2, -0.15) is 0 Å². The molecular weight excluding hydrogens is 393 g/mol. The topological polar surface area (TPSA) is 43.3 Å². The average molecular weight is 426 g/mol. The Morgan fingerprint density at radius 3 is 2.29 bits per heavy atom. The fraction of sp³-hybridized carbons (Fsp3) is 0.458. The first-order chi connectivity index (χ1) is 15.2. The summed E-state index contributed by atoms with van der Waals surface area (Å²) in [5.74, 6) is 0.720. The maximum Gasteiger partial charge on any atom is 0.193 e. The monoisotopic (exact) mass is 425 g/mol. The highest BCUT2D eigenvalue weighted by atomic mass is 19.1. The zero-order valence-electron chi connectivity index (χ0n) is 18.2. The van der Waals surface area contributed by atoms with Crippen LogP contribution >= 0.6 is 0 Å². The number of anilines is 1. The van der Waals surface area contributed by atoms with Crippen molar-refractivity contribution in [2.24, 2.45) is 4.99 Å². The summed E-state index contributed by atoms with van der Waals surface area (Å²) in [6.45, 7) is 7.71. The number of hydrogen-bond acceptors (Lipinski definition) is 4. The average Bonchev–Trinajstić information content (AvgIpc) is 2.84. The van der Waals surface area contributed by atoms with Crippen LogP contribution in [-0.4, -0.2) is 81.8 Å². The minimum atomic E-state index is -0.204. The number of nitrogens with one attached hydrogen (secondary N) is 1. The van der Waals surface area contributed by atoms with Crippen molar-refractivity contribution in [3.8, 4) is 0 Å². The number of rotatable bonds is 5. The number of morpholine rings is 1. The minimum absolute atomic E-state index is 0.145. The van der Waals surface area contributed by atoms with Crippen LogP contribution in [0.1, 0.15) is 11.6 Å². The number of hydrogen-bond donors (Lipinski definition) is 1. The number of para-hydroxylation sites is 1. The molecule has 1 N–H and O–H groups in total. The van der Waals surface area contributed by atoms with Gasteiger partial charge in [0.2, 0.25) is 0 Å². The number of aliphatic imine (C=N–C) groups is 1. The molecule has 2 heterocycles. The van der Waals surface area contributed by atoms with Gasteiger partial charge in [0.25, 0.3) is 0 Å². The fourth-order valence-corrected chi connectivity index (χ4v) is 4.37. The van der Waals surface area contributed by atoms with Crippen molar-refractivity contribution in [3.63, 3.8) is 0 Å². The van der Waals surface area contributed by atoms with Crippen LogP contribution in [0.3, 0.4) is 0 Å². The molecule has 0 amide bonds. The van der Waals surface area contributed by atoms with Crippen LogP contribution in [0.4, 0.5) is 10.1 Å². The quantitative estimate of drug-likeness (QED) is 0.589. The Kier molecular flexibility index (Phi) is 7.38. The zero-order chi connectivity index (χ0) is 21.5. The summed E-state index contributed by atoms with van der Waals surface area (Å²) in [6.07, 6.45) is 0. The van der Waals surface area contributed by atoms with Gasteiger partial charge in [-0.25, -0.2) is 4.39 Å². The van der Waals surface area contributed by atoms with Crippen molar-refractivity contribution in [1.82, 2.24) is 15.1 Å². The predicted octanol–water partition coefficient (Wildman–Crippen LogP) is 2.60. The molecule has 0 spiro atoms. The highest BCUT2D eigenvalue weighted by molar-refractivity contribution is 5.80. The Labute approximate surface area is 184 Å². The maximum absolute atomic E-state index is 13.5. The van der Waals surface area contributed by atoms with E-state index < -0.39 is 0 Å². The molecule has 1 unspecified atom stereocenters. The Morgan fingerprint density at radius 1 is 0.968 bits per heavy atom. The van der Waals surface area contributed by atoms with E-state index in [0.29, 0.717) is 0 Å². The molecule has 166 valence electrons. The Balaban J connectivity index is 1.38. The smallest absolute Gasteiger partial charge is 0.193 e. The van der Waals surface area contributed by atoms with Crippen LogP contribution in [0.2, 0.25) is 0 Å². The van der Waals surface area contributed by atoms with E-state index in [1.807, 2.05) is 19.2 Å². The third-order valence-electron chi connectivity index (χ3n) is 6.11. The first kappa shape index (κ1) is 21.6. The number of guanidine groups is 1. The molecule has 0 saturated carbocycles. The third kappa shape index (κ3) is 5.54. The Hall–Kier alpha value is -2.64. The van der Waals surface area contributed by atoms with Crippen LogP contribution in [-0.2, 0) is 4.74 Å². The molecule has 2 aromatic carbocycles. The minimum Gasteiger partial charge on any atom is -0.379 e. The van der Waals surface area contributed by atoms with Gasteiger partial charge in [-0.15, -0.1) is 0 Å². The lowest BCUT2D eigenvalue weighted by Gasteiger charge is -2.39. The van der Waals surface area contributed by atoms with Gasteiger partial charge in [0.05, 0.1) is 19.3 Å². The van der Waals surface area contributed by atoms with Crippen molar-refractivity contribution < 1.29 is 9.13 Å². The summed E-state index contributed by atoms with van der Waals surface area (Å²) in [5.41, 5.74) is 2.38. The number of piperazine rings is 1.